The minimum Gasteiger partial charge on any atom is -0.324 e. The van der Waals surface area contributed by atoms with E-state index in [1.807, 2.05) is 42.5 Å². The number of aromatic nitrogens is 2. The lowest BCUT2D eigenvalue weighted by atomic mass is 9.63. The van der Waals surface area contributed by atoms with Gasteiger partial charge >= 0.3 is 0 Å². The first-order valence-electron chi connectivity index (χ1n) is 12.0. The molecule has 3 aromatic carbocycles. The number of nitrogens with one attached hydrogen (secondary N) is 1. The lowest BCUT2D eigenvalue weighted by molar-refractivity contribution is -0.125. The molecule has 1 heterocycles. The Morgan fingerprint density at radius 2 is 1.47 bits per heavy atom. The molecule has 1 saturated carbocycles. The number of nitrogens with zero attached hydrogens (tertiary/aromatic N) is 2. The molecule has 7 heteroatoms. The van der Waals surface area contributed by atoms with Crippen molar-refractivity contribution in [2.75, 3.05) is 5.32 Å². The Morgan fingerprint density at radius 3 is 2.17 bits per heavy atom. The number of hydrogen-bond donors (Lipinski definition) is 1. The minimum absolute atomic E-state index is 0.0372. The van der Waals surface area contributed by atoms with Crippen LogP contribution in [0.3, 0.4) is 0 Å². The van der Waals surface area contributed by atoms with Gasteiger partial charge in [-0.2, -0.15) is 0 Å². The van der Waals surface area contributed by atoms with Crippen molar-refractivity contribution < 1.29 is 4.79 Å². The maximum atomic E-state index is 14.3. The molecule has 2 unspecified atom stereocenters. The molecule has 2 aliphatic rings. The van der Waals surface area contributed by atoms with Crippen LogP contribution in [0.1, 0.15) is 45.0 Å². The van der Waals surface area contributed by atoms with E-state index >= 15 is 0 Å². The fourth-order valence-corrected chi connectivity index (χ4v) is 7.34. The predicted molar refractivity (Wildman–Crippen MR) is 147 cm³/mol. The van der Waals surface area contributed by atoms with Crippen LogP contribution in [0.5, 0.6) is 0 Å². The van der Waals surface area contributed by atoms with E-state index in [1.165, 1.54) is 0 Å². The molecule has 6 rings (SSSR count). The number of anilines is 1. The summed E-state index contributed by atoms with van der Waals surface area (Å²) in [5.41, 5.74) is 2.32. The quantitative estimate of drug-likeness (QED) is 0.288. The van der Waals surface area contributed by atoms with Gasteiger partial charge in [0.05, 0.1) is 43.6 Å². The van der Waals surface area contributed by atoms with Crippen LogP contribution in [-0.4, -0.2) is 15.9 Å². The molecule has 0 aliphatic heterocycles. The third kappa shape index (κ3) is 3.19. The fourth-order valence-electron chi connectivity index (χ4n) is 6.10. The molecular formula is C29H25Cl2N3OS. The van der Waals surface area contributed by atoms with Crippen LogP contribution in [0.15, 0.2) is 76.5 Å². The van der Waals surface area contributed by atoms with Gasteiger partial charge in [-0.25, -0.2) is 9.97 Å². The van der Waals surface area contributed by atoms with Crippen molar-refractivity contribution in [3.05, 3.63) is 88.2 Å². The molecule has 1 aromatic heterocycles. The maximum absolute atomic E-state index is 14.3. The first-order valence-corrected chi connectivity index (χ1v) is 13.6. The number of benzene rings is 3. The summed E-state index contributed by atoms with van der Waals surface area (Å²) >= 11 is 14.2. The van der Waals surface area contributed by atoms with Gasteiger partial charge in [0, 0.05) is 15.2 Å². The molecular weight excluding hydrogens is 509 g/mol. The van der Waals surface area contributed by atoms with E-state index in [0.29, 0.717) is 27.5 Å². The molecule has 1 fully saturated rings. The van der Waals surface area contributed by atoms with Gasteiger partial charge in [-0.05, 0) is 54.7 Å². The third-order valence-corrected chi connectivity index (χ3v) is 10.4. The van der Waals surface area contributed by atoms with Crippen molar-refractivity contribution in [2.24, 2.45) is 5.41 Å². The molecule has 0 saturated heterocycles. The van der Waals surface area contributed by atoms with E-state index in [1.54, 1.807) is 23.9 Å². The molecule has 4 nitrogen and oxygen atoms in total. The van der Waals surface area contributed by atoms with Crippen molar-refractivity contribution in [1.29, 1.82) is 0 Å². The summed E-state index contributed by atoms with van der Waals surface area (Å²) in [5, 5.41) is 4.18. The minimum atomic E-state index is -0.811. The van der Waals surface area contributed by atoms with Crippen LogP contribution in [0.4, 0.5) is 5.69 Å². The van der Waals surface area contributed by atoms with E-state index in [-0.39, 0.29) is 16.7 Å². The van der Waals surface area contributed by atoms with Gasteiger partial charge in [-0.3, -0.25) is 4.79 Å². The summed E-state index contributed by atoms with van der Waals surface area (Å²) in [4.78, 5) is 26.5. The lowest BCUT2D eigenvalue weighted by Gasteiger charge is -2.39. The highest BCUT2D eigenvalue weighted by Gasteiger charge is 2.73. The van der Waals surface area contributed by atoms with Gasteiger partial charge in [0.1, 0.15) is 0 Å². The van der Waals surface area contributed by atoms with Crippen molar-refractivity contribution in [2.45, 2.75) is 54.2 Å². The summed E-state index contributed by atoms with van der Waals surface area (Å²) in [5.74, 6) is -0.0372. The van der Waals surface area contributed by atoms with E-state index in [4.69, 9.17) is 33.2 Å². The van der Waals surface area contributed by atoms with Crippen molar-refractivity contribution >= 4 is 57.6 Å². The summed E-state index contributed by atoms with van der Waals surface area (Å²) in [6, 6.07) is 21.6. The highest BCUT2D eigenvalue weighted by molar-refractivity contribution is 7.99. The maximum Gasteiger partial charge on any atom is 0.237 e. The molecule has 1 N–H and O–H groups in total. The second-order valence-corrected chi connectivity index (χ2v) is 12.3. The highest BCUT2D eigenvalue weighted by Crippen LogP contribution is 2.70. The van der Waals surface area contributed by atoms with Crippen molar-refractivity contribution in [3.8, 4) is 0 Å². The van der Waals surface area contributed by atoms with Gasteiger partial charge in [0.2, 0.25) is 5.91 Å². The molecule has 2 aliphatic carbocycles. The Kier molecular flexibility index (Phi) is 5.42. The number of carbonyl (C=O) groups excluding carboxylic acids is 1. The number of fused-ring (bicyclic) bond motifs is 6. The first-order chi connectivity index (χ1) is 17.2. The summed E-state index contributed by atoms with van der Waals surface area (Å²) < 4.78 is 0. The zero-order chi connectivity index (χ0) is 25.3. The smallest absolute Gasteiger partial charge is 0.237 e. The molecule has 2 atom stereocenters. The molecule has 4 aromatic rings. The van der Waals surface area contributed by atoms with Gasteiger partial charge in [0.25, 0.3) is 0 Å². The summed E-state index contributed by atoms with van der Waals surface area (Å²) in [6.45, 7) is 6.57. The zero-order valence-corrected chi connectivity index (χ0v) is 22.6. The van der Waals surface area contributed by atoms with Crippen LogP contribution in [-0.2, 0) is 15.6 Å². The zero-order valence-electron chi connectivity index (χ0n) is 20.2. The van der Waals surface area contributed by atoms with Crippen LogP contribution in [0, 0.1) is 5.41 Å². The van der Waals surface area contributed by atoms with E-state index in [2.05, 4.69) is 38.2 Å². The third-order valence-electron chi connectivity index (χ3n) is 8.57. The Morgan fingerprint density at radius 1 is 0.861 bits per heavy atom. The number of amides is 1. The Labute approximate surface area is 224 Å². The monoisotopic (exact) mass is 533 g/mol. The largest absolute Gasteiger partial charge is 0.324 e. The lowest BCUT2D eigenvalue weighted by Crippen LogP contribution is -2.48. The van der Waals surface area contributed by atoms with E-state index in [9.17, 15) is 4.79 Å². The topological polar surface area (TPSA) is 54.9 Å². The first kappa shape index (κ1) is 23.8. The Hall–Kier alpha value is -2.60. The standard InChI is InChI=1S/C29H25Cl2N3OS/c1-27(2)28(3)13-14-29(27,25-24(28)32-21-15-18(30)19(31)16-22(21)33-25)26(35)34-20-11-7-8-12-23(20)36-17-9-5-4-6-10-17/h4-12,15-16H,13-14H2,1-3H3,(H,34,35). The van der Waals surface area contributed by atoms with Gasteiger partial charge in [-0.15, -0.1) is 0 Å². The molecule has 1 amide bonds. The summed E-state index contributed by atoms with van der Waals surface area (Å²) in [7, 11) is 0. The van der Waals surface area contributed by atoms with Crippen LogP contribution in [0.2, 0.25) is 10.0 Å². The van der Waals surface area contributed by atoms with Gasteiger partial charge in [-0.1, -0.05) is 86.1 Å². The Balaban J connectivity index is 1.45. The van der Waals surface area contributed by atoms with Crippen LogP contribution >= 0.6 is 35.0 Å². The normalized spacial score (nSPS) is 23.6. The Bertz CT molecular complexity index is 1540. The molecule has 36 heavy (non-hydrogen) atoms. The van der Waals surface area contributed by atoms with Crippen LogP contribution < -0.4 is 5.32 Å². The van der Waals surface area contributed by atoms with E-state index in [0.717, 1.165) is 33.3 Å². The highest BCUT2D eigenvalue weighted by atomic mass is 35.5. The second kappa shape index (κ2) is 8.20. The summed E-state index contributed by atoms with van der Waals surface area (Å²) in [6.07, 6.45) is 1.58. The SMILES string of the molecule is CC12CCC(C(=O)Nc3ccccc3Sc3ccccc3)(c3nc4cc(Cl)c(Cl)cc4nc31)C2(C)C. The molecule has 2 bridgehead atoms. The molecule has 0 radical (unpaired) electrons. The number of rotatable bonds is 4. The van der Waals surface area contributed by atoms with Crippen molar-refractivity contribution in [3.63, 3.8) is 0 Å². The van der Waals surface area contributed by atoms with Crippen LogP contribution in [0.25, 0.3) is 11.0 Å². The van der Waals surface area contributed by atoms with Gasteiger partial charge < -0.3 is 5.32 Å². The number of halogens is 2. The van der Waals surface area contributed by atoms with E-state index < -0.39 is 5.41 Å². The van der Waals surface area contributed by atoms with Gasteiger partial charge in [0.15, 0.2) is 0 Å². The second-order valence-electron chi connectivity index (χ2n) is 10.4. The number of para-hydroxylation sites is 1. The number of carbonyl (C=O) groups is 1. The number of hydrogen-bond acceptors (Lipinski definition) is 4. The van der Waals surface area contributed by atoms with Crippen molar-refractivity contribution in [1.82, 2.24) is 9.97 Å². The average molecular weight is 535 g/mol. The fraction of sp³-hybridized carbons (Fsp3) is 0.276. The molecule has 182 valence electrons. The molecule has 0 spiro atoms. The predicted octanol–water partition coefficient (Wildman–Crippen LogP) is 8.06. The average Bonchev–Trinajstić information content (AvgIpc) is 3.15.